The van der Waals surface area contributed by atoms with E-state index in [2.05, 4.69) is 60.5 Å². The van der Waals surface area contributed by atoms with Gasteiger partial charge in [-0.25, -0.2) is 0 Å². The number of hydrogen-bond acceptors (Lipinski definition) is 3. The smallest absolute Gasteiger partial charge is 0.0692 e. The van der Waals surface area contributed by atoms with Gasteiger partial charge in [-0.3, -0.25) is 4.98 Å². The van der Waals surface area contributed by atoms with E-state index in [4.69, 9.17) is 0 Å². The fourth-order valence-electron chi connectivity index (χ4n) is 2.55. The molecule has 0 saturated heterocycles. The van der Waals surface area contributed by atoms with Gasteiger partial charge in [-0.1, -0.05) is 31.2 Å². The van der Waals surface area contributed by atoms with E-state index in [0.717, 1.165) is 6.54 Å². The van der Waals surface area contributed by atoms with Crippen LogP contribution in [0.3, 0.4) is 0 Å². The highest BCUT2D eigenvalue weighted by molar-refractivity contribution is 7.12. The predicted molar refractivity (Wildman–Crippen MR) is 86.3 cm³/mol. The molecule has 0 bridgehead atoms. The largest absolute Gasteiger partial charge is 0.306 e. The molecular formula is C17H18N2S. The molecule has 2 heterocycles. The fraction of sp³-hybridized carbons (Fsp3) is 0.235. The molecule has 2 nitrogen and oxygen atoms in total. The molecule has 0 amide bonds. The van der Waals surface area contributed by atoms with Crippen LogP contribution >= 0.6 is 11.3 Å². The second-order valence-electron chi connectivity index (χ2n) is 4.89. The number of nitrogens with zero attached hydrogens (tertiary/aromatic N) is 1. The van der Waals surface area contributed by atoms with Crippen LogP contribution in [0.4, 0.5) is 0 Å². The minimum atomic E-state index is 0.220. The van der Waals surface area contributed by atoms with Crippen LogP contribution < -0.4 is 5.32 Å². The van der Waals surface area contributed by atoms with Crippen LogP contribution in [-0.2, 0) is 0 Å². The number of rotatable bonds is 4. The normalized spacial score (nSPS) is 12.7. The van der Waals surface area contributed by atoms with Gasteiger partial charge in [0.15, 0.2) is 0 Å². The predicted octanol–water partition coefficient (Wildman–Crippen LogP) is 4.30. The molecule has 1 N–H and O–H groups in total. The van der Waals surface area contributed by atoms with Gasteiger partial charge in [0.05, 0.1) is 6.04 Å². The van der Waals surface area contributed by atoms with Crippen LogP contribution in [0.25, 0.3) is 10.8 Å². The van der Waals surface area contributed by atoms with Crippen molar-refractivity contribution in [3.8, 4) is 0 Å². The van der Waals surface area contributed by atoms with Crippen molar-refractivity contribution < 1.29 is 0 Å². The topological polar surface area (TPSA) is 24.9 Å². The summed E-state index contributed by atoms with van der Waals surface area (Å²) >= 11 is 1.85. The van der Waals surface area contributed by atoms with E-state index in [0.29, 0.717) is 0 Å². The molecule has 0 radical (unpaired) electrons. The van der Waals surface area contributed by atoms with Crippen molar-refractivity contribution in [2.24, 2.45) is 0 Å². The fourth-order valence-corrected chi connectivity index (χ4v) is 3.52. The average molecular weight is 282 g/mol. The highest BCUT2D eigenvalue weighted by atomic mass is 32.1. The first kappa shape index (κ1) is 13.3. The molecule has 1 atom stereocenters. The van der Waals surface area contributed by atoms with Crippen molar-refractivity contribution in [3.63, 3.8) is 0 Å². The third-order valence-corrected chi connectivity index (χ3v) is 4.53. The molecule has 102 valence electrons. The molecule has 3 rings (SSSR count). The molecule has 20 heavy (non-hydrogen) atoms. The lowest BCUT2D eigenvalue weighted by Crippen LogP contribution is -2.21. The summed E-state index contributed by atoms with van der Waals surface area (Å²) in [6.45, 7) is 5.23. The maximum absolute atomic E-state index is 4.41. The van der Waals surface area contributed by atoms with E-state index < -0.39 is 0 Å². The van der Waals surface area contributed by atoms with Gasteiger partial charge in [-0.2, -0.15) is 0 Å². The first-order chi connectivity index (χ1) is 9.79. The Morgan fingerprint density at radius 3 is 2.75 bits per heavy atom. The maximum atomic E-state index is 4.41. The van der Waals surface area contributed by atoms with Crippen LogP contribution in [-0.4, -0.2) is 11.5 Å². The number of thiophene rings is 1. The summed E-state index contributed by atoms with van der Waals surface area (Å²) in [4.78, 5) is 7.11. The van der Waals surface area contributed by atoms with Crippen LogP contribution in [0, 0.1) is 6.92 Å². The summed E-state index contributed by atoms with van der Waals surface area (Å²) < 4.78 is 0. The third-order valence-electron chi connectivity index (χ3n) is 3.46. The number of aryl methyl sites for hydroxylation is 1. The van der Waals surface area contributed by atoms with E-state index in [9.17, 15) is 0 Å². The zero-order valence-corrected chi connectivity index (χ0v) is 12.6. The summed E-state index contributed by atoms with van der Waals surface area (Å²) in [6.07, 6.45) is 3.92. The van der Waals surface area contributed by atoms with Crippen molar-refractivity contribution in [3.05, 3.63) is 64.1 Å². The summed E-state index contributed by atoms with van der Waals surface area (Å²) in [5, 5.41) is 6.06. The van der Waals surface area contributed by atoms with E-state index in [1.165, 1.54) is 26.1 Å². The van der Waals surface area contributed by atoms with E-state index in [1.54, 1.807) is 0 Å². The second kappa shape index (κ2) is 5.73. The van der Waals surface area contributed by atoms with Crippen molar-refractivity contribution in [2.45, 2.75) is 19.9 Å². The summed E-state index contributed by atoms with van der Waals surface area (Å²) in [7, 11) is 0. The lowest BCUT2D eigenvalue weighted by Gasteiger charge is -2.18. The summed E-state index contributed by atoms with van der Waals surface area (Å²) in [5.41, 5.74) is 1.26. The van der Waals surface area contributed by atoms with Gasteiger partial charge < -0.3 is 5.32 Å². The number of nitrogens with one attached hydrogen (secondary N) is 1. The minimum Gasteiger partial charge on any atom is -0.306 e. The van der Waals surface area contributed by atoms with Crippen molar-refractivity contribution >= 4 is 22.1 Å². The van der Waals surface area contributed by atoms with E-state index >= 15 is 0 Å². The Morgan fingerprint density at radius 2 is 2.00 bits per heavy atom. The molecular weight excluding hydrogens is 264 g/mol. The SMILES string of the molecule is CCNC(c1ccc(C)s1)c1cncc2ccccc12. The minimum absolute atomic E-state index is 0.220. The molecule has 0 spiro atoms. The Kier molecular flexibility index (Phi) is 3.81. The van der Waals surface area contributed by atoms with Crippen molar-refractivity contribution in [1.29, 1.82) is 0 Å². The number of pyridine rings is 1. The summed E-state index contributed by atoms with van der Waals surface area (Å²) in [5.74, 6) is 0. The second-order valence-corrected chi connectivity index (χ2v) is 6.21. The molecule has 3 heteroatoms. The molecule has 0 saturated carbocycles. The molecule has 2 aromatic heterocycles. The van der Waals surface area contributed by atoms with Crippen molar-refractivity contribution in [1.82, 2.24) is 10.3 Å². The van der Waals surface area contributed by atoms with Gasteiger partial charge in [0.2, 0.25) is 0 Å². The monoisotopic (exact) mass is 282 g/mol. The van der Waals surface area contributed by atoms with Crippen LogP contribution in [0.15, 0.2) is 48.8 Å². The van der Waals surface area contributed by atoms with E-state index in [1.807, 2.05) is 23.7 Å². The van der Waals surface area contributed by atoms with Gasteiger partial charge in [-0.15, -0.1) is 11.3 Å². The Morgan fingerprint density at radius 1 is 1.15 bits per heavy atom. The lowest BCUT2D eigenvalue weighted by molar-refractivity contribution is 0.642. The Balaban J connectivity index is 2.14. The van der Waals surface area contributed by atoms with Crippen LogP contribution in [0.2, 0.25) is 0 Å². The van der Waals surface area contributed by atoms with Crippen LogP contribution in [0.1, 0.15) is 28.3 Å². The van der Waals surface area contributed by atoms with Gasteiger partial charge in [0.25, 0.3) is 0 Å². The number of benzene rings is 1. The first-order valence-corrected chi connectivity index (χ1v) is 7.73. The highest BCUT2D eigenvalue weighted by Crippen LogP contribution is 2.31. The number of hydrogen-bond donors (Lipinski definition) is 1. The molecule has 0 aliphatic rings. The number of aromatic nitrogens is 1. The third kappa shape index (κ3) is 2.47. The molecule has 0 aliphatic heterocycles. The van der Waals surface area contributed by atoms with Gasteiger partial charge in [0.1, 0.15) is 0 Å². The molecule has 1 unspecified atom stereocenters. The Labute approximate surface area is 123 Å². The zero-order valence-electron chi connectivity index (χ0n) is 11.8. The maximum Gasteiger partial charge on any atom is 0.0692 e. The molecule has 0 aliphatic carbocycles. The molecule has 0 fully saturated rings. The lowest BCUT2D eigenvalue weighted by atomic mass is 10.0. The van der Waals surface area contributed by atoms with Crippen LogP contribution in [0.5, 0.6) is 0 Å². The van der Waals surface area contributed by atoms with E-state index in [-0.39, 0.29) is 6.04 Å². The first-order valence-electron chi connectivity index (χ1n) is 6.92. The quantitative estimate of drug-likeness (QED) is 0.771. The van der Waals surface area contributed by atoms with Gasteiger partial charge in [0, 0.05) is 33.1 Å². The Hall–Kier alpha value is -1.71. The summed E-state index contributed by atoms with van der Waals surface area (Å²) in [6, 6.07) is 13.1. The highest BCUT2D eigenvalue weighted by Gasteiger charge is 2.17. The molecule has 1 aromatic carbocycles. The Bertz CT molecular complexity index is 712. The zero-order chi connectivity index (χ0) is 13.9. The van der Waals surface area contributed by atoms with Gasteiger partial charge in [-0.05, 0) is 31.0 Å². The average Bonchev–Trinajstić information content (AvgIpc) is 2.91. The van der Waals surface area contributed by atoms with Gasteiger partial charge >= 0.3 is 0 Å². The molecule has 3 aromatic rings. The van der Waals surface area contributed by atoms with Crippen molar-refractivity contribution in [2.75, 3.05) is 6.54 Å². The standard InChI is InChI=1S/C17H18N2S/c1-3-19-17(16-9-8-12(2)20-16)15-11-18-10-13-6-4-5-7-14(13)15/h4-11,17,19H,3H2,1-2H3. The number of fused-ring (bicyclic) bond motifs is 1.